The van der Waals surface area contributed by atoms with Gasteiger partial charge in [0.25, 0.3) is 0 Å². The molecule has 0 saturated carbocycles. The summed E-state index contributed by atoms with van der Waals surface area (Å²) in [7, 11) is -10.4. The average molecular weight is 535 g/mol. The van der Waals surface area contributed by atoms with Gasteiger partial charge in [0.15, 0.2) is 5.82 Å². The van der Waals surface area contributed by atoms with Crippen molar-refractivity contribution in [3.8, 4) is 11.4 Å². The monoisotopic (exact) mass is 535 g/mol. The van der Waals surface area contributed by atoms with Crippen molar-refractivity contribution in [2.24, 2.45) is 0 Å². The number of aromatic nitrogens is 3. The Morgan fingerprint density at radius 1 is 1.15 bits per heavy atom. The Labute approximate surface area is 158 Å². The number of nitrogens with zero attached hydrogens (tertiary/aromatic N) is 3. The summed E-state index contributed by atoms with van der Waals surface area (Å²) >= 11 is 1.38. The van der Waals surface area contributed by atoms with Gasteiger partial charge >= 0.3 is 22.4 Å². The van der Waals surface area contributed by atoms with E-state index in [2.05, 4.69) is 10.1 Å². The third-order valence-electron chi connectivity index (χ3n) is 2.90. The summed E-state index contributed by atoms with van der Waals surface area (Å²) in [6, 6.07) is -0.698. The molecule has 0 radical (unpaired) electrons. The summed E-state index contributed by atoms with van der Waals surface area (Å²) in [5, 5.41) is 12.2. The number of carboxylic acids is 1. The summed E-state index contributed by atoms with van der Waals surface area (Å²) in [5.41, 5.74) is -2.93. The predicted octanol–water partition coefficient (Wildman–Crippen LogP) is 5.94. The molecule has 0 aliphatic heterocycles. The van der Waals surface area contributed by atoms with Gasteiger partial charge < -0.3 is 5.11 Å². The SMILES string of the molecule is O=C(O)/C(I)=C/n1cnc(-c2cc(C(F)(F)F)cc(S(F)(F)(F)(F)F)c2)n1. The molecule has 0 saturated heterocycles. The first-order valence-electron chi connectivity index (χ1n) is 6.35. The first-order valence-corrected chi connectivity index (χ1v) is 9.38. The van der Waals surface area contributed by atoms with E-state index in [1.54, 1.807) is 0 Å². The lowest BCUT2D eigenvalue weighted by atomic mass is 10.1. The van der Waals surface area contributed by atoms with Crippen LogP contribution in [0.5, 0.6) is 0 Å². The number of benzene rings is 1. The molecule has 1 aromatic carbocycles. The molecule has 0 unspecified atom stereocenters. The minimum Gasteiger partial charge on any atom is -0.477 e. The predicted molar refractivity (Wildman–Crippen MR) is 87.8 cm³/mol. The topological polar surface area (TPSA) is 68.0 Å². The van der Waals surface area contributed by atoms with E-state index >= 15 is 0 Å². The molecular formula is C12H6F8IN3O2S. The van der Waals surface area contributed by atoms with Crippen molar-refractivity contribution >= 4 is 45.0 Å². The summed E-state index contributed by atoms with van der Waals surface area (Å²) in [6.45, 7) is 0. The van der Waals surface area contributed by atoms with Gasteiger partial charge in [0.2, 0.25) is 0 Å². The van der Waals surface area contributed by atoms with E-state index in [1.165, 1.54) is 22.6 Å². The Kier molecular flexibility index (Phi) is 4.59. The molecule has 0 atom stereocenters. The van der Waals surface area contributed by atoms with Gasteiger partial charge in [-0.15, -0.1) is 5.10 Å². The van der Waals surface area contributed by atoms with Crippen LogP contribution in [0.2, 0.25) is 0 Å². The van der Waals surface area contributed by atoms with E-state index in [-0.39, 0.29) is 15.7 Å². The van der Waals surface area contributed by atoms with Gasteiger partial charge in [-0.25, -0.2) is 14.5 Å². The lowest BCUT2D eigenvalue weighted by Gasteiger charge is -2.40. The van der Waals surface area contributed by atoms with Crippen LogP contribution in [0.1, 0.15) is 5.56 Å². The van der Waals surface area contributed by atoms with Crippen LogP contribution in [-0.2, 0) is 11.0 Å². The van der Waals surface area contributed by atoms with Crippen molar-refractivity contribution in [2.75, 3.05) is 0 Å². The van der Waals surface area contributed by atoms with Crippen molar-refractivity contribution in [3.63, 3.8) is 0 Å². The summed E-state index contributed by atoms with van der Waals surface area (Å²) in [5.74, 6) is -2.12. The summed E-state index contributed by atoms with van der Waals surface area (Å²) < 4.78 is 104. The lowest BCUT2D eigenvalue weighted by molar-refractivity contribution is -0.137. The summed E-state index contributed by atoms with van der Waals surface area (Å²) in [6.07, 6.45) is -3.69. The Hall–Kier alpha value is -1.91. The maximum Gasteiger partial charge on any atom is 0.416 e. The molecule has 2 rings (SSSR count). The summed E-state index contributed by atoms with van der Waals surface area (Å²) in [4.78, 5) is 11.4. The van der Waals surface area contributed by atoms with E-state index in [1.807, 2.05) is 0 Å². The Morgan fingerprint density at radius 3 is 2.22 bits per heavy atom. The Morgan fingerprint density at radius 2 is 1.74 bits per heavy atom. The van der Waals surface area contributed by atoms with E-state index in [0.29, 0.717) is 4.68 Å². The van der Waals surface area contributed by atoms with Crippen LogP contribution in [0.4, 0.5) is 32.6 Å². The molecule has 0 bridgehead atoms. The standard InChI is InChI=1S/C12H6F8IN3O2S/c13-12(14,15)7-1-6(2-8(3-7)27(16,17,18,19)20)10-22-5-24(23-10)4-9(21)11(25)26/h1-5H,(H,25,26)/b9-4-. The highest BCUT2D eigenvalue weighted by atomic mass is 127. The maximum atomic E-state index is 13.0. The molecule has 0 aliphatic rings. The molecule has 0 aliphatic carbocycles. The van der Waals surface area contributed by atoms with E-state index in [4.69, 9.17) is 5.11 Å². The molecule has 27 heavy (non-hydrogen) atoms. The fourth-order valence-corrected chi connectivity index (χ4v) is 2.74. The minimum absolute atomic E-state index is 0.179. The lowest BCUT2D eigenvalue weighted by Crippen LogP contribution is -2.11. The fraction of sp³-hybridized carbons (Fsp3) is 0.0833. The molecule has 0 fully saturated rings. The third-order valence-corrected chi connectivity index (χ3v) is 4.76. The van der Waals surface area contributed by atoms with Crippen molar-refractivity contribution < 1.29 is 42.5 Å². The maximum absolute atomic E-state index is 13.0. The Bertz CT molecular complexity index is 952. The zero-order chi connectivity index (χ0) is 20.9. The molecular weight excluding hydrogens is 529 g/mol. The molecule has 1 aromatic heterocycles. The first kappa shape index (κ1) is 21.4. The number of halogens is 9. The first-order chi connectivity index (χ1) is 11.9. The van der Waals surface area contributed by atoms with E-state index < -0.39 is 50.3 Å². The van der Waals surface area contributed by atoms with Crippen LogP contribution in [0.3, 0.4) is 0 Å². The van der Waals surface area contributed by atoms with Crippen molar-refractivity contribution in [3.05, 3.63) is 33.7 Å². The van der Waals surface area contributed by atoms with E-state index in [0.717, 1.165) is 12.5 Å². The number of carbonyl (C=O) groups is 1. The number of rotatable bonds is 4. The largest absolute Gasteiger partial charge is 0.477 e. The second kappa shape index (κ2) is 5.79. The zero-order valence-corrected chi connectivity index (χ0v) is 15.4. The van der Waals surface area contributed by atoms with Gasteiger partial charge in [-0.2, -0.15) is 13.2 Å². The van der Waals surface area contributed by atoms with Crippen LogP contribution in [0, 0.1) is 0 Å². The smallest absolute Gasteiger partial charge is 0.416 e. The minimum atomic E-state index is -10.4. The second-order valence-corrected chi connectivity index (χ2v) is 8.61. The quantitative estimate of drug-likeness (QED) is 0.299. The number of hydrogen-bond donors (Lipinski definition) is 1. The van der Waals surface area contributed by atoms with Crippen molar-refractivity contribution in [1.82, 2.24) is 14.8 Å². The van der Waals surface area contributed by atoms with Crippen LogP contribution >= 0.6 is 32.8 Å². The zero-order valence-electron chi connectivity index (χ0n) is 12.4. The Balaban J connectivity index is 2.67. The van der Waals surface area contributed by atoms with Gasteiger partial charge in [0, 0.05) is 5.56 Å². The molecule has 1 heterocycles. The molecule has 0 spiro atoms. The fourth-order valence-electron chi connectivity index (χ4n) is 1.76. The van der Waals surface area contributed by atoms with Gasteiger partial charge in [0.1, 0.15) is 14.8 Å². The van der Waals surface area contributed by atoms with Gasteiger partial charge in [-0.1, -0.05) is 19.4 Å². The number of carboxylic acid groups (broad SMARTS) is 1. The van der Waals surface area contributed by atoms with Crippen LogP contribution in [0.25, 0.3) is 17.6 Å². The normalized spacial score (nSPS) is 16.0. The van der Waals surface area contributed by atoms with Gasteiger partial charge in [-0.05, 0) is 40.8 Å². The van der Waals surface area contributed by atoms with Crippen LogP contribution in [-0.4, -0.2) is 25.8 Å². The third kappa shape index (κ3) is 5.30. The number of alkyl halides is 3. The van der Waals surface area contributed by atoms with E-state index in [9.17, 15) is 37.4 Å². The van der Waals surface area contributed by atoms with Crippen LogP contribution in [0.15, 0.2) is 33.0 Å². The molecule has 1 N–H and O–H groups in total. The van der Waals surface area contributed by atoms with Gasteiger partial charge in [-0.3, -0.25) is 0 Å². The average Bonchev–Trinajstić information content (AvgIpc) is 2.92. The van der Waals surface area contributed by atoms with Crippen LogP contribution < -0.4 is 0 Å². The molecule has 15 heteroatoms. The number of aliphatic carboxylic acids is 1. The molecule has 2 aromatic rings. The molecule has 150 valence electrons. The highest BCUT2D eigenvalue weighted by Gasteiger charge is 2.66. The molecule has 5 nitrogen and oxygen atoms in total. The molecule has 0 amide bonds. The highest BCUT2D eigenvalue weighted by Crippen LogP contribution is 3.02. The number of hydrogen-bond acceptors (Lipinski definition) is 3. The van der Waals surface area contributed by atoms with Crippen molar-refractivity contribution in [1.29, 1.82) is 0 Å². The van der Waals surface area contributed by atoms with Gasteiger partial charge in [0.05, 0.1) is 11.8 Å². The second-order valence-electron chi connectivity index (χ2n) is 5.04. The van der Waals surface area contributed by atoms with Crippen molar-refractivity contribution in [2.45, 2.75) is 11.1 Å². The highest BCUT2D eigenvalue weighted by molar-refractivity contribution is 14.1.